The van der Waals surface area contributed by atoms with Crippen LogP contribution in [0.1, 0.15) is 21.5 Å². The van der Waals surface area contributed by atoms with Crippen LogP contribution < -0.4 is 11.1 Å². The summed E-state index contributed by atoms with van der Waals surface area (Å²) in [5.41, 5.74) is 9.13. The van der Waals surface area contributed by atoms with Gasteiger partial charge in [-0.25, -0.2) is 4.39 Å². The Balaban J connectivity index is 2.32. The Bertz CT molecular complexity index is 686. The summed E-state index contributed by atoms with van der Waals surface area (Å²) in [6, 6.07) is 7.59. The van der Waals surface area contributed by atoms with Gasteiger partial charge in [0.1, 0.15) is 5.82 Å². The lowest BCUT2D eigenvalue weighted by molar-refractivity contribution is 0.102. The fourth-order valence-corrected chi connectivity index (χ4v) is 2.26. The van der Waals surface area contributed by atoms with Crippen molar-refractivity contribution in [3.8, 4) is 0 Å². The van der Waals surface area contributed by atoms with Gasteiger partial charge in [-0.15, -0.1) is 0 Å². The molecule has 2 rings (SSSR count). The van der Waals surface area contributed by atoms with E-state index in [2.05, 4.69) is 21.2 Å². The first-order valence-electron chi connectivity index (χ1n) is 6.01. The molecule has 1 amide bonds. The molecule has 0 fully saturated rings. The van der Waals surface area contributed by atoms with Crippen LogP contribution in [0.25, 0.3) is 0 Å². The van der Waals surface area contributed by atoms with Gasteiger partial charge in [0.05, 0.1) is 5.56 Å². The molecule has 0 heterocycles. The molecule has 0 bridgehead atoms. The number of nitrogens with one attached hydrogen (secondary N) is 1. The molecule has 0 spiro atoms. The zero-order valence-electron chi connectivity index (χ0n) is 11.1. The van der Waals surface area contributed by atoms with Crippen LogP contribution >= 0.6 is 15.9 Å². The molecule has 3 nitrogen and oxygen atoms in total. The summed E-state index contributed by atoms with van der Waals surface area (Å²) in [6.07, 6.45) is 0. The number of halogens is 2. The number of anilines is 2. The average molecular weight is 337 g/mol. The van der Waals surface area contributed by atoms with Crippen molar-refractivity contribution < 1.29 is 9.18 Å². The van der Waals surface area contributed by atoms with Crippen molar-refractivity contribution in [2.75, 3.05) is 11.1 Å². The first-order valence-corrected chi connectivity index (χ1v) is 6.81. The van der Waals surface area contributed by atoms with E-state index >= 15 is 0 Å². The number of rotatable bonds is 2. The molecule has 3 N–H and O–H groups in total. The Kier molecular flexibility index (Phi) is 4.09. The van der Waals surface area contributed by atoms with Crippen LogP contribution in [0.2, 0.25) is 0 Å². The number of hydrogen-bond donors (Lipinski definition) is 2. The number of carbonyl (C=O) groups is 1. The van der Waals surface area contributed by atoms with Gasteiger partial charge in [-0.05, 0) is 71.2 Å². The Morgan fingerprint density at radius 1 is 1.20 bits per heavy atom. The minimum absolute atomic E-state index is 0.249. The molecule has 104 valence electrons. The van der Waals surface area contributed by atoms with Crippen LogP contribution in [0, 0.1) is 19.7 Å². The van der Waals surface area contributed by atoms with Crippen molar-refractivity contribution >= 4 is 33.2 Å². The molecule has 0 aliphatic carbocycles. The van der Waals surface area contributed by atoms with Crippen molar-refractivity contribution in [1.29, 1.82) is 0 Å². The fraction of sp³-hybridized carbons (Fsp3) is 0.133. The van der Waals surface area contributed by atoms with Crippen LogP contribution in [-0.2, 0) is 0 Å². The lowest BCUT2D eigenvalue weighted by Crippen LogP contribution is -2.14. The average Bonchev–Trinajstić information content (AvgIpc) is 2.38. The monoisotopic (exact) mass is 336 g/mol. The molecule has 2 aromatic carbocycles. The minimum Gasteiger partial charge on any atom is -0.399 e. The Labute approximate surface area is 125 Å². The van der Waals surface area contributed by atoms with Gasteiger partial charge in [0.15, 0.2) is 0 Å². The van der Waals surface area contributed by atoms with Gasteiger partial charge in [-0.2, -0.15) is 0 Å². The van der Waals surface area contributed by atoms with Crippen molar-refractivity contribution in [2.24, 2.45) is 0 Å². The topological polar surface area (TPSA) is 55.1 Å². The first kappa shape index (κ1) is 14.5. The number of nitrogens with two attached hydrogens (primary N) is 1. The van der Waals surface area contributed by atoms with Crippen LogP contribution in [0.5, 0.6) is 0 Å². The highest BCUT2D eigenvalue weighted by Gasteiger charge is 2.13. The Morgan fingerprint density at radius 3 is 2.60 bits per heavy atom. The molecule has 0 aromatic heterocycles. The third-order valence-electron chi connectivity index (χ3n) is 3.03. The molecule has 0 radical (unpaired) electrons. The fourth-order valence-electron chi connectivity index (χ4n) is 1.83. The van der Waals surface area contributed by atoms with E-state index in [-0.39, 0.29) is 11.5 Å². The summed E-state index contributed by atoms with van der Waals surface area (Å²) in [5.74, 6) is -0.827. The molecule has 0 saturated heterocycles. The van der Waals surface area contributed by atoms with Gasteiger partial charge in [0, 0.05) is 15.8 Å². The van der Waals surface area contributed by atoms with E-state index in [0.29, 0.717) is 15.8 Å². The predicted molar refractivity (Wildman–Crippen MR) is 82.4 cm³/mol. The Morgan fingerprint density at radius 2 is 1.90 bits per heavy atom. The highest BCUT2D eigenvalue weighted by Crippen LogP contribution is 2.24. The van der Waals surface area contributed by atoms with E-state index in [4.69, 9.17) is 5.73 Å². The number of nitrogen functional groups attached to an aromatic ring is 1. The van der Waals surface area contributed by atoms with E-state index in [9.17, 15) is 9.18 Å². The number of hydrogen-bond acceptors (Lipinski definition) is 2. The standard InChI is InChI=1S/C15H14BrFN2O/c1-8-6-14(9(2)5-13(8)18)19-15(20)11-7-10(17)3-4-12(11)16/h3-7H,18H2,1-2H3,(H,19,20). The summed E-state index contributed by atoms with van der Waals surface area (Å²) in [4.78, 5) is 12.2. The van der Waals surface area contributed by atoms with Crippen molar-refractivity contribution in [3.63, 3.8) is 0 Å². The van der Waals surface area contributed by atoms with E-state index in [0.717, 1.165) is 11.1 Å². The molecule has 20 heavy (non-hydrogen) atoms. The third kappa shape index (κ3) is 2.99. The lowest BCUT2D eigenvalue weighted by atomic mass is 10.1. The smallest absolute Gasteiger partial charge is 0.256 e. The van der Waals surface area contributed by atoms with E-state index in [1.54, 1.807) is 12.1 Å². The van der Waals surface area contributed by atoms with Crippen molar-refractivity contribution in [1.82, 2.24) is 0 Å². The molecule has 0 atom stereocenters. The minimum atomic E-state index is -0.455. The summed E-state index contributed by atoms with van der Waals surface area (Å²) < 4.78 is 13.8. The van der Waals surface area contributed by atoms with Gasteiger partial charge < -0.3 is 11.1 Å². The van der Waals surface area contributed by atoms with Gasteiger partial charge in [0.25, 0.3) is 5.91 Å². The van der Waals surface area contributed by atoms with Crippen LogP contribution in [0.4, 0.5) is 15.8 Å². The van der Waals surface area contributed by atoms with Crippen LogP contribution in [0.3, 0.4) is 0 Å². The molecular formula is C15H14BrFN2O. The maximum absolute atomic E-state index is 13.2. The molecule has 0 aliphatic heterocycles. The normalized spacial score (nSPS) is 10.4. The van der Waals surface area contributed by atoms with Crippen molar-refractivity contribution in [3.05, 3.63) is 57.3 Å². The second-order valence-corrected chi connectivity index (χ2v) is 5.46. The van der Waals surface area contributed by atoms with E-state index in [1.807, 2.05) is 13.8 Å². The molecule has 2 aromatic rings. The van der Waals surface area contributed by atoms with Gasteiger partial charge >= 0.3 is 0 Å². The molecule has 5 heteroatoms. The maximum Gasteiger partial charge on any atom is 0.256 e. The molecule has 0 aliphatic rings. The summed E-state index contributed by atoms with van der Waals surface area (Å²) in [6.45, 7) is 3.72. The van der Waals surface area contributed by atoms with Gasteiger partial charge in [0.2, 0.25) is 0 Å². The summed E-state index contributed by atoms with van der Waals surface area (Å²) >= 11 is 3.24. The second-order valence-electron chi connectivity index (χ2n) is 4.60. The zero-order valence-corrected chi connectivity index (χ0v) is 12.7. The third-order valence-corrected chi connectivity index (χ3v) is 3.73. The first-order chi connectivity index (χ1) is 9.38. The highest BCUT2D eigenvalue weighted by atomic mass is 79.9. The largest absolute Gasteiger partial charge is 0.399 e. The van der Waals surface area contributed by atoms with Crippen molar-refractivity contribution in [2.45, 2.75) is 13.8 Å². The van der Waals surface area contributed by atoms with Crippen LogP contribution in [0.15, 0.2) is 34.8 Å². The second kappa shape index (κ2) is 5.63. The quantitative estimate of drug-likeness (QED) is 0.813. The molecular weight excluding hydrogens is 323 g/mol. The number of benzene rings is 2. The highest BCUT2D eigenvalue weighted by molar-refractivity contribution is 9.10. The Hall–Kier alpha value is -1.88. The number of aryl methyl sites for hydroxylation is 2. The predicted octanol–water partition coefficient (Wildman–Crippen LogP) is 4.04. The number of amides is 1. The van der Waals surface area contributed by atoms with E-state index < -0.39 is 5.82 Å². The molecule has 0 unspecified atom stereocenters. The van der Waals surface area contributed by atoms with Gasteiger partial charge in [-0.1, -0.05) is 0 Å². The SMILES string of the molecule is Cc1cc(NC(=O)c2cc(F)ccc2Br)c(C)cc1N. The maximum atomic E-state index is 13.2. The van der Waals surface area contributed by atoms with Crippen LogP contribution in [-0.4, -0.2) is 5.91 Å². The molecule has 0 saturated carbocycles. The number of carbonyl (C=O) groups excluding carboxylic acids is 1. The summed E-state index contributed by atoms with van der Waals surface area (Å²) in [7, 11) is 0. The summed E-state index contributed by atoms with van der Waals surface area (Å²) in [5, 5.41) is 2.77. The lowest BCUT2D eigenvalue weighted by Gasteiger charge is -2.12. The van der Waals surface area contributed by atoms with Gasteiger partial charge in [-0.3, -0.25) is 4.79 Å². The van der Waals surface area contributed by atoms with E-state index in [1.165, 1.54) is 18.2 Å². The zero-order chi connectivity index (χ0) is 14.9.